The van der Waals surface area contributed by atoms with Crippen LogP contribution >= 0.6 is 0 Å². The third-order valence-corrected chi connectivity index (χ3v) is 5.96. The van der Waals surface area contributed by atoms with Gasteiger partial charge in [-0.15, -0.1) is 0 Å². The number of hydrogen-bond donors (Lipinski definition) is 1. The SMILES string of the molecule is COc1cc(OC)c2c(=O)[nH]c(-c3ccc(OCCN4CCOCC4)c(C)c3C)nc2c1. The van der Waals surface area contributed by atoms with Crippen LogP contribution in [0.1, 0.15) is 11.1 Å². The molecule has 0 radical (unpaired) electrons. The summed E-state index contributed by atoms with van der Waals surface area (Å²) in [5.74, 6) is 2.34. The molecule has 0 unspecified atom stereocenters. The number of hydrogen-bond acceptors (Lipinski definition) is 7. The number of rotatable bonds is 7. The Labute approximate surface area is 187 Å². The molecule has 2 heterocycles. The van der Waals surface area contributed by atoms with Gasteiger partial charge in [0.25, 0.3) is 5.56 Å². The van der Waals surface area contributed by atoms with Gasteiger partial charge in [0.05, 0.1) is 33.0 Å². The van der Waals surface area contributed by atoms with Crippen molar-refractivity contribution in [1.29, 1.82) is 0 Å². The number of ether oxygens (including phenoxy) is 4. The van der Waals surface area contributed by atoms with E-state index >= 15 is 0 Å². The molecule has 4 rings (SSSR count). The minimum absolute atomic E-state index is 0.257. The summed E-state index contributed by atoms with van der Waals surface area (Å²) in [5, 5.41) is 0.398. The summed E-state index contributed by atoms with van der Waals surface area (Å²) in [5.41, 5.74) is 3.14. The van der Waals surface area contributed by atoms with E-state index in [2.05, 4.69) is 9.88 Å². The van der Waals surface area contributed by atoms with E-state index in [1.54, 1.807) is 19.2 Å². The van der Waals surface area contributed by atoms with Gasteiger partial charge in [0.1, 0.15) is 35.1 Å². The number of aromatic amines is 1. The van der Waals surface area contributed by atoms with Crippen LogP contribution in [-0.2, 0) is 4.74 Å². The Morgan fingerprint density at radius 1 is 1.06 bits per heavy atom. The molecule has 8 nitrogen and oxygen atoms in total. The molecule has 0 spiro atoms. The molecule has 3 aromatic rings. The fourth-order valence-electron chi connectivity index (χ4n) is 3.94. The maximum absolute atomic E-state index is 12.9. The van der Waals surface area contributed by atoms with E-state index < -0.39 is 0 Å². The number of benzene rings is 2. The largest absolute Gasteiger partial charge is 0.497 e. The third kappa shape index (κ3) is 4.42. The van der Waals surface area contributed by atoms with Crippen LogP contribution in [-0.4, -0.2) is 68.5 Å². The highest BCUT2D eigenvalue weighted by molar-refractivity contribution is 5.87. The standard InChI is InChI=1S/C24H29N3O5/c1-15-16(2)20(32-12-9-27-7-10-31-11-8-27)6-5-18(15)23-25-19-13-17(29-3)14-21(30-4)22(19)24(28)26-23/h5-6,13-14H,7-12H2,1-4H3,(H,25,26,28). The Morgan fingerprint density at radius 3 is 2.56 bits per heavy atom. The zero-order chi connectivity index (χ0) is 22.7. The van der Waals surface area contributed by atoms with Gasteiger partial charge in [-0.3, -0.25) is 9.69 Å². The second-order valence-electron chi connectivity index (χ2n) is 7.80. The lowest BCUT2D eigenvalue weighted by molar-refractivity contribution is 0.0322. The van der Waals surface area contributed by atoms with E-state index in [1.807, 2.05) is 26.0 Å². The van der Waals surface area contributed by atoms with Gasteiger partial charge in [-0.05, 0) is 37.1 Å². The van der Waals surface area contributed by atoms with Crippen LogP contribution in [0, 0.1) is 13.8 Å². The number of morpholine rings is 1. The number of nitrogens with zero attached hydrogens (tertiary/aromatic N) is 2. The average Bonchev–Trinajstić information content (AvgIpc) is 2.81. The van der Waals surface area contributed by atoms with Crippen molar-refractivity contribution in [3.05, 3.63) is 45.7 Å². The molecule has 0 aliphatic carbocycles. The number of methoxy groups -OCH3 is 2. The van der Waals surface area contributed by atoms with E-state index in [0.717, 1.165) is 55.3 Å². The van der Waals surface area contributed by atoms with E-state index in [1.165, 1.54) is 7.11 Å². The summed E-state index contributed by atoms with van der Waals surface area (Å²) < 4.78 is 22.1. The third-order valence-electron chi connectivity index (χ3n) is 5.96. The monoisotopic (exact) mass is 439 g/mol. The van der Waals surface area contributed by atoms with Crippen molar-refractivity contribution in [3.8, 4) is 28.6 Å². The number of fused-ring (bicyclic) bond motifs is 1. The Kier molecular flexibility index (Phi) is 6.62. The Morgan fingerprint density at radius 2 is 1.84 bits per heavy atom. The highest BCUT2D eigenvalue weighted by Gasteiger charge is 2.16. The minimum Gasteiger partial charge on any atom is -0.497 e. The van der Waals surface area contributed by atoms with Crippen molar-refractivity contribution in [3.63, 3.8) is 0 Å². The molecule has 1 aliphatic rings. The minimum atomic E-state index is -0.257. The van der Waals surface area contributed by atoms with Gasteiger partial charge in [-0.1, -0.05) is 0 Å². The number of nitrogens with one attached hydrogen (secondary N) is 1. The van der Waals surface area contributed by atoms with Crippen LogP contribution < -0.4 is 19.8 Å². The van der Waals surface area contributed by atoms with Crippen LogP contribution in [0.5, 0.6) is 17.2 Å². The molecule has 1 aliphatic heterocycles. The lowest BCUT2D eigenvalue weighted by Crippen LogP contribution is -2.38. The number of H-pyrrole nitrogens is 1. The van der Waals surface area contributed by atoms with Crippen molar-refractivity contribution in [1.82, 2.24) is 14.9 Å². The maximum atomic E-state index is 12.9. The van der Waals surface area contributed by atoms with Crippen LogP contribution in [0.15, 0.2) is 29.1 Å². The van der Waals surface area contributed by atoms with E-state index in [4.69, 9.17) is 23.9 Å². The van der Waals surface area contributed by atoms with E-state index in [-0.39, 0.29) is 5.56 Å². The number of aromatic nitrogens is 2. The summed E-state index contributed by atoms with van der Waals surface area (Å²) in [6.07, 6.45) is 0. The fourth-order valence-corrected chi connectivity index (χ4v) is 3.94. The van der Waals surface area contributed by atoms with Crippen LogP contribution in [0.3, 0.4) is 0 Å². The maximum Gasteiger partial charge on any atom is 0.262 e. The fraction of sp³-hybridized carbons (Fsp3) is 0.417. The van der Waals surface area contributed by atoms with Gasteiger partial charge < -0.3 is 23.9 Å². The molecule has 0 bridgehead atoms. The quantitative estimate of drug-likeness (QED) is 0.606. The summed E-state index contributed by atoms with van der Waals surface area (Å²) in [7, 11) is 3.09. The first-order valence-corrected chi connectivity index (χ1v) is 10.7. The van der Waals surface area contributed by atoms with Crippen LogP contribution in [0.4, 0.5) is 0 Å². The summed E-state index contributed by atoms with van der Waals surface area (Å²) in [6, 6.07) is 7.29. The summed E-state index contributed by atoms with van der Waals surface area (Å²) in [4.78, 5) is 22.8. The highest BCUT2D eigenvalue weighted by Crippen LogP contribution is 2.32. The molecule has 1 fully saturated rings. The summed E-state index contributed by atoms with van der Waals surface area (Å²) >= 11 is 0. The lowest BCUT2D eigenvalue weighted by Gasteiger charge is -2.26. The molecule has 170 valence electrons. The van der Waals surface area contributed by atoms with Crippen molar-refractivity contribution in [2.45, 2.75) is 13.8 Å². The van der Waals surface area contributed by atoms with Gasteiger partial charge in [0, 0.05) is 37.3 Å². The lowest BCUT2D eigenvalue weighted by atomic mass is 10.0. The van der Waals surface area contributed by atoms with Gasteiger partial charge in [-0.25, -0.2) is 4.98 Å². The van der Waals surface area contributed by atoms with Gasteiger partial charge in [0.15, 0.2) is 0 Å². The normalized spacial score (nSPS) is 14.5. The Hall–Kier alpha value is -3.10. The molecular weight excluding hydrogens is 410 g/mol. The first-order chi connectivity index (χ1) is 15.5. The summed E-state index contributed by atoms with van der Waals surface area (Å²) in [6.45, 7) is 8.96. The molecule has 1 N–H and O–H groups in total. The Bertz CT molecular complexity index is 1170. The molecule has 0 saturated carbocycles. The van der Waals surface area contributed by atoms with Crippen LogP contribution in [0.25, 0.3) is 22.3 Å². The van der Waals surface area contributed by atoms with Crippen molar-refractivity contribution in [2.24, 2.45) is 0 Å². The molecule has 0 atom stereocenters. The predicted octanol–water partition coefficient (Wildman–Crippen LogP) is 2.94. The van der Waals surface area contributed by atoms with Crippen molar-refractivity contribution >= 4 is 10.9 Å². The second-order valence-corrected chi connectivity index (χ2v) is 7.80. The second kappa shape index (κ2) is 9.58. The molecule has 8 heteroatoms. The predicted molar refractivity (Wildman–Crippen MR) is 123 cm³/mol. The molecule has 1 aromatic heterocycles. The van der Waals surface area contributed by atoms with E-state index in [0.29, 0.717) is 34.8 Å². The molecule has 32 heavy (non-hydrogen) atoms. The van der Waals surface area contributed by atoms with Crippen LogP contribution in [0.2, 0.25) is 0 Å². The zero-order valence-corrected chi connectivity index (χ0v) is 19.0. The molecule has 1 saturated heterocycles. The van der Waals surface area contributed by atoms with E-state index in [9.17, 15) is 4.79 Å². The molecular formula is C24H29N3O5. The van der Waals surface area contributed by atoms with Crippen molar-refractivity contribution < 1.29 is 18.9 Å². The average molecular weight is 440 g/mol. The van der Waals surface area contributed by atoms with Crippen molar-refractivity contribution in [2.75, 3.05) is 53.7 Å². The zero-order valence-electron chi connectivity index (χ0n) is 19.0. The van der Waals surface area contributed by atoms with Gasteiger partial charge in [-0.2, -0.15) is 0 Å². The van der Waals surface area contributed by atoms with Gasteiger partial charge in [0.2, 0.25) is 0 Å². The topological polar surface area (TPSA) is 85.9 Å². The Balaban J connectivity index is 1.62. The highest BCUT2D eigenvalue weighted by atomic mass is 16.5. The molecule has 2 aromatic carbocycles. The smallest absolute Gasteiger partial charge is 0.262 e. The van der Waals surface area contributed by atoms with Gasteiger partial charge >= 0.3 is 0 Å². The first-order valence-electron chi connectivity index (χ1n) is 10.7. The first kappa shape index (κ1) is 22.1. The molecule has 0 amide bonds.